The molecule has 4 aromatic heterocycles. The van der Waals surface area contributed by atoms with Crippen LogP contribution in [0, 0.1) is 6.92 Å². The molecule has 0 spiro atoms. The van der Waals surface area contributed by atoms with Crippen LogP contribution in [-0.4, -0.2) is 52.2 Å². The Hall–Kier alpha value is -4.64. The number of nitrogens with one attached hydrogen (secondary N) is 1. The van der Waals surface area contributed by atoms with Crippen LogP contribution in [0.3, 0.4) is 0 Å². The zero-order chi connectivity index (χ0) is 24.6. The van der Waals surface area contributed by atoms with E-state index in [4.69, 9.17) is 9.26 Å². The fourth-order valence-corrected chi connectivity index (χ4v) is 4.12. The summed E-state index contributed by atoms with van der Waals surface area (Å²) in [4.78, 5) is 34.7. The largest absolute Gasteiger partial charge is 0.455 e. The van der Waals surface area contributed by atoms with Crippen LogP contribution in [0.4, 0.5) is 0 Å². The van der Waals surface area contributed by atoms with E-state index >= 15 is 0 Å². The number of likely N-dealkylation sites (tertiary alicyclic amines) is 1. The Bertz CT molecular complexity index is 1550. The third-order valence-electron chi connectivity index (χ3n) is 5.93. The Morgan fingerprint density at radius 1 is 1.17 bits per heavy atom. The van der Waals surface area contributed by atoms with Crippen molar-refractivity contribution in [3.8, 4) is 34.5 Å². The van der Waals surface area contributed by atoms with Gasteiger partial charge in [-0.15, -0.1) is 0 Å². The van der Waals surface area contributed by atoms with E-state index in [9.17, 15) is 9.90 Å². The highest BCUT2D eigenvalue weighted by Crippen LogP contribution is 2.33. The zero-order valence-electron chi connectivity index (χ0n) is 19.3. The smallest absolute Gasteiger partial charge is 0.225 e. The predicted octanol–water partition coefficient (Wildman–Crippen LogP) is 3.61. The van der Waals surface area contributed by atoms with E-state index in [0.717, 1.165) is 5.52 Å². The number of carbonyl (C=O) groups is 1. The van der Waals surface area contributed by atoms with E-state index < -0.39 is 6.23 Å². The van der Waals surface area contributed by atoms with E-state index in [1.807, 2.05) is 30.3 Å². The second kappa shape index (κ2) is 8.86. The molecule has 1 unspecified atom stereocenters. The predicted molar refractivity (Wildman–Crippen MR) is 127 cm³/mol. The van der Waals surface area contributed by atoms with Crippen molar-refractivity contribution in [2.45, 2.75) is 32.5 Å². The molecule has 1 saturated heterocycles. The molecule has 1 aliphatic heterocycles. The van der Waals surface area contributed by atoms with E-state index in [-0.39, 0.29) is 12.5 Å². The maximum absolute atomic E-state index is 12.4. The summed E-state index contributed by atoms with van der Waals surface area (Å²) in [5.74, 6) is 2.35. The summed E-state index contributed by atoms with van der Waals surface area (Å²) in [5, 5.41) is 14.2. The number of benzene rings is 1. The molecule has 11 heteroatoms. The van der Waals surface area contributed by atoms with Gasteiger partial charge in [0, 0.05) is 37.6 Å². The number of aliphatic hydroxyl groups excluding tert-OH is 1. The second-order valence-electron chi connectivity index (χ2n) is 8.44. The number of aliphatic hydroxyl groups is 1. The molecule has 1 amide bonds. The summed E-state index contributed by atoms with van der Waals surface area (Å²) in [7, 11) is 0. The van der Waals surface area contributed by atoms with Crippen molar-refractivity contribution >= 4 is 16.9 Å². The average molecular weight is 483 g/mol. The van der Waals surface area contributed by atoms with Gasteiger partial charge < -0.3 is 24.3 Å². The van der Waals surface area contributed by atoms with Crippen molar-refractivity contribution in [2.24, 2.45) is 0 Å². The first-order valence-corrected chi connectivity index (χ1v) is 11.4. The van der Waals surface area contributed by atoms with Gasteiger partial charge in [-0.25, -0.2) is 9.97 Å². The number of imidazole rings is 1. The third-order valence-corrected chi connectivity index (χ3v) is 5.93. The van der Waals surface area contributed by atoms with E-state index in [1.165, 1.54) is 4.90 Å². The van der Waals surface area contributed by atoms with Crippen LogP contribution in [0.15, 0.2) is 59.4 Å². The second-order valence-corrected chi connectivity index (χ2v) is 8.44. The minimum absolute atomic E-state index is 0.105. The Kier molecular flexibility index (Phi) is 5.38. The number of H-pyrrole nitrogens is 1. The number of aromatic nitrogens is 6. The van der Waals surface area contributed by atoms with E-state index in [2.05, 4.69) is 30.1 Å². The van der Waals surface area contributed by atoms with Crippen molar-refractivity contribution in [3.05, 3.63) is 66.3 Å². The molecule has 0 radical (unpaired) electrons. The van der Waals surface area contributed by atoms with Gasteiger partial charge >= 0.3 is 0 Å². The lowest BCUT2D eigenvalue weighted by atomic mass is 10.1. The Labute approximate surface area is 204 Å². The molecule has 1 aliphatic rings. The fraction of sp³-hybridized carbons (Fsp3) is 0.200. The Balaban J connectivity index is 1.36. The number of hydrogen-bond donors (Lipinski definition) is 2. The number of nitrogens with zero attached hydrogens (tertiary/aromatic N) is 6. The molecule has 180 valence electrons. The summed E-state index contributed by atoms with van der Waals surface area (Å²) in [6.07, 6.45) is 3.16. The highest BCUT2D eigenvalue weighted by atomic mass is 16.5. The third kappa shape index (κ3) is 4.16. The summed E-state index contributed by atoms with van der Waals surface area (Å²) in [5.41, 5.74) is 3.40. The minimum Gasteiger partial charge on any atom is -0.455 e. The fourth-order valence-electron chi connectivity index (χ4n) is 4.12. The number of carbonyl (C=O) groups excluding carboxylic acids is 1. The summed E-state index contributed by atoms with van der Waals surface area (Å²) < 4.78 is 11.2. The molecular weight excluding hydrogens is 462 g/mol. The number of pyridine rings is 2. The zero-order valence-corrected chi connectivity index (χ0v) is 19.3. The first-order chi connectivity index (χ1) is 17.5. The van der Waals surface area contributed by atoms with Gasteiger partial charge in [0.25, 0.3) is 0 Å². The minimum atomic E-state index is -0.830. The van der Waals surface area contributed by atoms with Crippen LogP contribution in [0.1, 0.15) is 24.3 Å². The van der Waals surface area contributed by atoms with Gasteiger partial charge in [0.15, 0.2) is 5.82 Å². The molecule has 2 N–H and O–H groups in total. The molecular formula is C25H21N7O4. The van der Waals surface area contributed by atoms with Gasteiger partial charge in [-0.05, 0) is 30.3 Å². The van der Waals surface area contributed by atoms with Gasteiger partial charge in [-0.2, -0.15) is 4.98 Å². The lowest BCUT2D eigenvalue weighted by Crippen LogP contribution is -2.32. The van der Waals surface area contributed by atoms with E-state index in [1.54, 1.807) is 31.5 Å². The number of aryl methyl sites for hydroxylation is 1. The lowest BCUT2D eigenvalue weighted by molar-refractivity contribution is -0.134. The van der Waals surface area contributed by atoms with Crippen LogP contribution in [0.2, 0.25) is 0 Å². The van der Waals surface area contributed by atoms with Gasteiger partial charge in [0.05, 0.1) is 23.8 Å². The molecule has 0 saturated carbocycles. The highest BCUT2D eigenvalue weighted by molar-refractivity contribution is 5.82. The summed E-state index contributed by atoms with van der Waals surface area (Å²) in [6, 6.07) is 12.8. The molecule has 1 atom stereocenters. The van der Waals surface area contributed by atoms with Gasteiger partial charge in [-0.3, -0.25) is 9.78 Å². The van der Waals surface area contributed by atoms with Crippen molar-refractivity contribution in [1.82, 2.24) is 35.0 Å². The van der Waals surface area contributed by atoms with Crippen LogP contribution in [0.25, 0.3) is 34.1 Å². The molecule has 11 nitrogen and oxygen atoms in total. The molecule has 36 heavy (non-hydrogen) atoms. The van der Waals surface area contributed by atoms with Crippen LogP contribution in [0.5, 0.6) is 11.5 Å². The lowest BCUT2D eigenvalue weighted by Gasteiger charge is -2.22. The topological polar surface area (TPSA) is 143 Å². The molecule has 0 aliphatic carbocycles. The van der Waals surface area contributed by atoms with E-state index in [0.29, 0.717) is 64.3 Å². The number of fused-ring (bicyclic) bond motifs is 1. The SMILES string of the molecule is Cc1nc(-c2ccc(Oc3cc4[nH]c(-c5ccccn5)nc4cc3CN3C(=O)CCC3O)cn2)no1. The normalized spacial score (nSPS) is 15.7. The number of hydrogen-bond acceptors (Lipinski definition) is 9. The first kappa shape index (κ1) is 21.9. The summed E-state index contributed by atoms with van der Waals surface area (Å²) >= 11 is 0. The first-order valence-electron chi connectivity index (χ1n) is 11.4. The van der Waals surface area contributed by atoms with Gasteiger partial charge in [-0.1, -0.05) is 11.2 Å². The average Bonchev–Trinajstić information content (AvgIpc) is 3.60. The van der Waals surface area contributed by atoms with Gasteiger partial charge in [0.1, 0.15) is 29.1 Å². The molecule has 1 aromatic carbocycles. The van der Waals surface area contributed by atoms with Crippen LogP contribution < -0.4 is 4.74 Å². The Morgan fingerprint density at radius 3 is 2.78 bits per heavy atom. The molecule has 5 aromatic rings. The molecule has 5 heterocycles. The quantitative estimate of drug-likeness (QED) is 0.370. The highest BCUT2D eigenvalue weighted by Gasteiger charge is 2.30. The molecule has 6 rings (SSSR count). The van der Waals surface area contributed by atoms with Gasteiger partial charge in [0.2, 0.25) is 17.6 Å². The Morgan fingerprint density at radius 2 is 2.08 bits per heavy atom. The standard InChI is InChI=1S/C25H21N7O4/c1-14-28-25(31-36-14)18-6-5-16(12-27-18)35-21-11-20-19(29-24(30-20)17-4-2-3-9-26-17)10-15(21)13-32-22(33)7-8-23(32)34/h2-6,9-12,22,33H,7-8,13H2,1H3,(H,29,30). The summed E-state index contributed by atoms with van der Waals surface area (Å²) in [6.45, 7) is 1.90. The van der Waals surface area contributed by atoms with Crippen molar-refractivity contribution in [2.75, 3.05) is 0 Å². The molecule has 1 fully saturated rings. The van der Waals surface area contributed by atoms with Crippen molar-refractivity contribution < 1.29 is 19.2 Å². The van der Waals surface area contributed by atoms with Crippen molar-refractivity contribution in [3.63, 3.8) is 0 Å². The maximum atomic E-state index is 12.4. The van der Waals surface area contributed by atoms with Crippen LogP contribution >= 0.6 is 0 Å². The van der Waals surface area contributed by atoms with Crippen LogP contribution in [-0.2, 0) is 11.3 Å². The number of ether oxygens (including phenoxy) is 1. The number of aromatic amines is 1. The van der Waals surface area contributed by atoms with Crippen molar-refractivity contribution in [1.29, 1.82) is 0 Å². The maximum Gasteiger partial charge on any atom is 0.225 e. The monoisotopic (exact) mass is 483 g/mol. The number of rotatable bonds is 6. The molecule has 0 bridgehead atoms. The number of amides is 1.